The highest BCUT2D eigenvalue weighted by Crippen LogP contribution is 2.05. The van der Waals surface area contributed by atoms with Gasteiger partial charge in [-0.2, -0.15) is 5.10 Å². The van der Waals surface area contributed by atoms with Crippen molar-refractivity contribution in [1.29, 1.82) is 0 Å². The van der Waals surface area contributed by atoms with Crippen molar-refractivity contribution >= 4 is 17.4 Å². The Labute approximate surface area is 93.6 Å². The molecule has 0 spiro atoms. The van der Waals surface area contributed by atoms with Gasteiger partial charge in [0.25, 0.3) is 0 Å². The maximum atomic E-state index is 11.3. The zero-order chi connectivity index (χ0) is 12.0. The molecule has 88 valence electrons. The molecule has 6 heteroatoms. The maximum absolute atomic E-state index is 11.3. The van der Waals surface area contributed by atoms with Gasteiger partial charge < -0.3 is 10.1 Å². The molecule has 0 aromatic carbocycles. The Hall–Kier alpha value is -1.69. The lowest BCUT2D eigenvalue weighted by Crippen LogP contribution is -2.14. The predicted molar refractivity (Wildman–Crippen MR) is 58.0 cm³/mol. The molecule has 0 atom stereocenters. The fraction of sp³-hybridized carbons (Fsp3) is 0.500. The maximum Gasteiger partial charge on any atom is 0.231 e. The van der Waals surface area contributed by atoms with Crippen molar-refractivity contribution in [2.75, 3.05) is 19.0 Å². The third-order valence-electron chi connectivity index (χ3n) is 1.85. The second kappa shape index (κ2) is 6.02. The number of Topliss-reactive ketones (excluding diaryl/α,β-unsaturated/α-hetero) is 1. The van der Waals surface area contributed by atoms with E-state index in [1.807, 2.05) is 0 Å². The van der Waals surface area contributed by atoms with Crippen LogP contribution < -0.4 is 5.32 Å². The number of hydrogen-bond donors (Lipinski definition) is 1. The summed E-state index contributed by atoms with van der Waals surface area (Å²) >= 11 is 0. The van der Waals surface area contributed by atoms with Gasteiger partial charge in [-0.25, -0.2) is 0 Å². The van der Waals surface area contributed by atoms with Gasteiger partial charge in [0, 0.05) is 13.3 Å². The summed E-state index contributed by atoms with van der Waals surface area (Å²) < 4.78 is 6.56. The number of aromatic nitrogens is 2. The van der Waals surface area contributed by atoms with Gasteiger partial charge in [0.1, 0.15) is 5.78 Å². The molecule has 0 unspecified atom stereocenters. The molecule has 6 nitrogen and oxygen atoms in total. The van der Waals surface area contributed by atoms with Crippen LogP contribution in [0.3, 0.4) is 0 Å². The molecule has 0 fully saturated rings. The third-order valence-corrected chi connectivity index (χ3v) is 1.85. The van der Waals surface area contributed by atoms with Crippen molar-refractivity contribution < 1.29 is 14.3 Å². The number of methoxy groups -OCH3 is 1. The van der Waals surface area contributed by atoms with E-state index < -0.39 is 0 Å². The number of amides is 1. The van der Waals surface area contributed by atoms with Crippen LogP contribution in [0.4, 0.5) is 5.69 Å². The zero-order valence-electron chi connectivity index (χ0n) is 9.40. The molecule has 0 aliphatic rings. The van der Waals surface area contributed by atoms with Crippen LogP contribution in [0.5, 0.6) is 0 Å². The minimum absolute atomic E-state index is 0.108. The number of ketones is 1. The number of nitrogens with one attached hydrogen (secondary N) is 1. The molecule has 1 N–H and O–H groups in total. The van der Waals surface area contributed by atoms with E-state index in [1.165, 1.54) is 13.1 Å². The molecule has 0 bridgehead atoms. The van der Waals surface area contributed by atoms with Crippen molar-refractivity contribution in [3.63, 3.8) is 0 Å². The number of rotatable bonds is 6. The Bertz CT molecular complexity index is 373. The fourth-order valence-electron chi connectivity index (χ4n) is 1.17. The molecule has 0 saturated heterocycles. The molecular weight excluding hydrogens is 210 g/mol. The molecule has 0 aliphatic heterocycles. The summed E-state index contributed by atoms with van der Waals surface area (Å²) in [6.07, 6.45) is 3.12. The second-order valence-electron chi connectivity index (χ2n) is 3.41. The Morgan fingerprint density at radius 2 is 2.31 bits per heavy atom. The summed E-state index contributed by atoms with van der Waals surface area (Å²) in [6.45, 7) is 2.56. The van der Waals surface area contributed by atoms with Crippen LogP contribution in [-0.4, -0.2) is 35.2 Å². The molecule has 1 aromatic heterocycles. The molecule has 1 amide bonds. The minimum atomic E-state index is -0.321. The van der Waals surface area contributed by atoms with E-state index in [-0.39, 0.29) is 18.1 Å². The monoisotopic (exact) mass is 225 g/mol. The summed E-state index contributed by atoms with van der Waals surface area (Å²) in [7, 11) is 1.61. The van der Waals surface area contributed by atoms with Gasteiger partial charge in [-0.3, -0.25) is 14.3 Å². The first-order valence-electron chi connectivity index (χ1n) is 4.92. The van der Waals surface area contributed by atoms with Crippen LogP contribution in [-0.2, 0) is 20.9 Å². The highest BCUT2D eigenvalue weighted by atomic mass is 16.5. The molecule has 0 radical (unpaired) electrons. The SMILES string of the molecule is COCCn1cc(NC(=O)CC(C)=O)cn1. The molecule has 0 saturated carbocycles. The average Bonchev–Trinajstić information content (AvgIpc) is 2.61. The van der Waals surface area contributed by atoms with Gasteiger partial charge >= 0.3 is 0 Å². The van der Waals surface area contributed by atoms with E-state index >= 15 is 0 Å². The van der Waals surface area contributed by atoms with Gasteiger partial charge in [0.05, 0.1) is 31.5 Å². The third kappa shape index (κ3) is 4.22. The second-order valence-corrected chi connectivity index (χ2v) is 3.41. The molecule has 1 heterocycles. The topological polar surface area (TPSA) is 73.2 Å². The predicted octanol–water partition coefficient (Wildman–Crippen LogP) is 0.447. The molecular formula is C10H15N3O3. The number of nitrogens with zero attached hydrogens (tertiary/aromatic N) is 2. The highest BCUT2D eigenvalue weighted by Gasteiger charge is 2.06. The lowest BCUT2D eigenvalue weighted by atomic mass is 10.3. The van der Waals surface area contributed by atoms with Crippen molar-refractivity contribution in [3.8, 4) is 0 Å². The van der Waals surface area contributed by atoms with E-state index in [0.29, 0.717) is 18.8 Å². The van der Waals surface area contributed by atoms with Crippen molar-refractivity contribution in [2.45, 2.75) is 19.9 Å². The first-order chi connectivity index (χ1) is 7.61. The first kappa shape index (κ1) is 12.4. The van der Waals surface area contributed by atoms with Crippen LogP contribution in [0, 0.1) is 0 Å². The van der Waals surface area contributed by atoms with Crippen molar-refractivity contribution in [1.82, 2.24) is 9.78 Å². The van der Waals surface area contributed by atoms with E-state index in [1.54, 1.807) is 18.0 Å². The van der Waals surface area contributed by atoms with E-state index in [4.69, 9.17) is 4.74 Å². The van der Waals surface area contributed by atoms with Crippen molar-refractivity contribution in [2.24, 2.45) is 0 Å². The summed E-state index contributed by atoms with van der Waals surface area (Å²) in [6, 6.07) is 0. The van der Waals surface area contributed by atoms with Crippen LogP contribution in [0.1, 0.15) is 13.3 Å². The number of carbonyl (C=O) groups excluding carboxylic acids is 2. The van der Waals surface area contributed by atoms with Crippen LogP contribution in [0.25, 0.3) is 0 Å². The van der Waals surface area contributed by atoms with E-state index in [2.05, 4.69) is 10.4 Å². The Morgan fingerprint density at radius 3 is 2.94 bits per heavy atom. The van der Waals surface area contributed by atoms with E-state index in [0.717, 1.165) is 0 Å². The van der Waals surface area contributed by atoms with E-state index in [9.17, 15) is 9.59 Å². The first-order valence-corrected chi connectivity index (χ1v) is 4.92. The molecule has 1 rings (SSSR count). The Balaban J connectivity index is 2.45. The Kier molecular flexibility index (Phi) is 4.65. The smallest absolute Gasteiger partial charge is 0.231 e. The van der Waals surface area contributed by atoms with Gasteiger partial charge in [0.2, 0.25) is 5.91 Å². The van der Waals surface area contributed by atoms with Crippen LogP contribution >= 0.6 is 0 Å². The van der Waals surface area contributed by atoms with Crippen LogP contribution in [0.2, 0.25) is 0 Å². The lowest BCUT2D eigenvalue weighted by molar-refractivity contribution is -0.124. The zero-order valence-corrected chi connectivity index (χ0v) is 9.40. The lowest BCUT2D eigenvalue weighted by Gasteiger charge is -2.00. The van der Waals surface area contributed by atoms with Crippen LogP contribution in [0.15, 0.2) is 12.4 Å². The largest absolute Gasteiger partial charge is 0.383 e. The van der Waals surface area contributed by atoms with Gasteiger partial charge in [-0.15, -0.1) is 0 Å². The molecule has 1 aromatic rings. The normalized spacial score (nSPS) is 10.1. The number of ether oxygens (including phenoxy) is 1. The number of anilines is 1. The summed E-state index contributed by atoms with van der Waals surface area (Å²) in [5.74, 6) is -0.483. The minimum Gasteiger partial charge on any atom is -0.383 e. The average molecular weight is 225 g/mol. The van der Waals surface area contributed by atoms with Gasteiger partial charge in [-0.05, 0) is 6.92 Å². The quantitative estimate of drug-likeness (QED) is 0.713. The fourth-order valence-corrected chi connectivity index (χ4v) is 1.17. The highest BCUT2D eigenvalue weighted by molar-refractivity contribution is 6.03. The van der Waals surface area contributed by atoms with Gasteiger partial charge in [-0.1, -0.05) is 0 Å². The number of carbonyl (C=O) groups is 2. The summed E-state index contributed by atoms with van der Waals surface area (Å²) in [5.41, 5.74) is 0.586. The molecule has 16 heavy (non-hydrogen) atoms. The standard InChI is InChI=1S/C10H15N3O3/c1-8(14)5-10(15)12-9-6-11-13(7-9)3-4-16-2/h6-7H,3-5H2,1-2H3,(H,12,15). The van der Waals surface area contributed by atoms with Crippen molar-refractivity contribution in [3.05, 3.63) is 12.4 Å². The Morgan fingerprint density at radius 1 is 1.56 bits per heavy atom. The summed E-state index contributed by atoms with van der Waals surface area (Å²) in [5, 5.41) is 6.61. The summed E-state index contributed by atoms with van der Waals surface area (Å²) in [4.78, 5) is 21.9. The number of hydrogen-bond acceptors (Lipinski definition) is 4. The van der Waals surface area contributed by atoms with Gasteiger partial charge in [0.15, 0.2) is 0 Å². The molecule has 0 aliphatic carbocycles.